The lowest BCUT2D eigenvalue weighted by Gasteiger charge is -2.39. The van der Waals surface area contributed by atoms with E-state index < -0.39 is 0 Å². The normalized spacial score (nSPS) is 18.8. The molecule has 2 N–H and O–H groups in total. The maximum atomic E-state index is 11.7. The quantitative estimate of drug-likeness (QED) is 0.799. The molecule has 5 heteroatoms. The molecule has 0 bridgehead atoms. The van der Waals surface area contributed by atoms with Crippen molar-refractivity contribution in [3.8, 4) is 0 Å². The monoisotopic (exact) mass is 292 g/mol. The molecular formula is C16H28N4O. The average Bonchev–Trinajstić information content (AvgIpc) is 2.52. The van der Waals surface area contributed by atoms with Gasteiger partial charge in [-0.05, 0) is 12.5 Å². The standard InChI is InChI=1S/C16H28N4O/c1-2-5-15(14-17)19-11-8-18(9-12-19)10-13-20-7-4-3-6-16(20)21/h3-4,6-7,15H,2,5,8-14,17H2,1H3. The molecule has 0 aliphatic carbocycles. The van der Waals surface area contributed by atoms with Crippen LogP contribution < -0.4 is 11.3 Å². The molecule has 5 nitrogen and oxygen atoms in total. The number of pyridine rings is 1. The molecular weight excluding hydrogens is 264 g/mol. The number of hydrogen-bond acceptors (Lipinski definition) is 4. The van der Waals surface area contributed by atoms with E-state index in [4.69, 9.17) is 5.73 Å². The number of hydrogen-bond donors (Lipinski definition) is 1. The van der Waals surface area contributed by atoms with Crippen LogP contribution in [0.2, 0.25) is 0 Å². The highest BCUT2D eigenvalue weighted by Gasteiger charge is 2.22. The van der Waals surface area contributed by atoms with Gasteiger partial charge >= 0.3 is 0 Å². The topological polar surface area (TPSA) is 54.5 Å². The molecule has 1 saturated heterocycles. The van der Waals surface area contributed by atoms with Crippen LogP contribution in [0.25, 0.3) is 0 Å². The van der Waals surface area contributed by atoms with Crippen molar-refractivity contribution >= 4 is 0 Å². The van der Waals surface area contributed by atoms with E-state index in [1.54, 1.807) is 16.7 Å². The summed E-state index contributed by atoms with van der Waals surface area (Å²) in [6.45, 7) is 9.01. The fourth-order valence-corrected chi connectivity index (χ4v) is 3.03. The zero-order chi connectivity index (χ0) is 15.1. The van der Waals surface area contributed by atoms with Gasteiger partial charge in [0.05, 0.1) is 0 Å². The molecule has 1 atom stereocenters. The number of rotatable bonds is 7. The van der Waals surface area contributed by atoms with E-state index in [2.05, 4.69) is 16.7 Å². The van der Waals surface area contributed by atoms with E-state index in [1.165, 1.54) is 12.8 Å². The first-order valence-electron chi connectivity index (χ1n) is 8.06. The summed E-state index contributed by atoms with van der Waals surface area (Å²) in [6.07, 6.45) is 4.25. The van der Waals surface area contributed by atoms with E-state index in [0.717, 1.165) is 45.8 Å². The molecule has 0 amide bonds. The minimum Gasteiger partial charge on any atom is -0.329 e. The summed E-state index contributed by atoms with van der Waals surface area (Å²) < 4.78 is 1.78. The first-order chi connectivity index (χ1) is 10.2. The molecule has 0 saturated carbocycles. The van der Waals surface area contributed by atoms with Gasteiger partial charge in [0.25, 0.3) is 5.56 Å². The van der Waals surface area contributed by atoms with Gasteiger partial charge in [-0.25, -0.2) is 0 Å². The molecule has 0 spiro atoms. The van der Waals surface area contributed by atoms with Crippen LogP contribution in [-0.4, -0.2) is 59.7 Å². The first-order valence-corrected chi connectivity index (χ1v) is 8.06. The maximum absolute atomic E-state index is 11.7. The first kappa shape index (κ1) is 16.2. The number of nitrogens with zero attached hydrogens (tertiary/aromatic N) is 3. The smallest absolute Gasteiger partial charge is 0.250 e. The van der Waals surface area contributed by atoms with E-state index in [9.17, 15) is 4.79 Å². The summed E-state index contributed by atoms with van der Waals surface area (Å²) in [5.74, 6) is 0. The molecule has 2 heterocycles. The second kappa shape index (κ2) is 8.32. The maximum Gasteiger partial charge on any atom is 0.250 e. The summed E-state index contributed by atoms with van der Waals surface area (Å²) in [5, 5.41) is 0. The lowest BCUT2D eigenvalue weighted by molar-refractivity contribution is 0.0923. The Bertz CT molecular complexity index is 465. The molecule has 1 fully saturated rings. The van der Waals surface area contributed by atoms with Gasteiger partial charge in [-0.2, -0.15) is 0 Å². The highest BCUT2D eigenvalue weighted by Crippen LogP contribution is 2.10. The van der Waals surface area contributed by atoms with Crippen molar-refractivity contribution in [1.29, 1.82) is 0 Å². The Labute approximate surface area is 127 Å². The fraction of sp³-hybridized carbons (Fsp3) is 0.688. The number of aromatic nitrogens is 1. The van der Waals surface area contributed by atoms with Crippen molar-refractivity contribution in [2.24, 2.45) is 5.73 Å². The molecule has 1 aliphatic rings. The third-order valence-electron chi connectivity index (χ3n) is 4.37. The van der Waals surface area contributed by atoms with Gasteiger partial charge in [0.1, 0.15) is 0 Å². The van der Waals surface area contributed by atoms with Crippen LogP contribution >= 0.6 is 0 Å². The second-order valence-corrected chi connectivity index (χ2v) is 5.79. The molecule has 2 rings (SSSR count). The molecule has 1 unspecified atom stereocenters. The fourth-order valence-electron chi connectivity index (χ4n) is 3.03. The lowest BCUT2D eigenvalue weighted by Crippen LogP contribution is -2.52. The Kier molecular flexibility index (Phi) is 6.42. The van der Waals surface area contributed by atoms with Gasteiger partial charge in [0, 0.05) is 64.1 Å². The minimum absolute atomic E-state index is 0.0854. The SMILES string of the molecule is CCCC(CN)N1CCN(CCn2ccccc2=O)CC1. The van der Waals surface area contributed by atoms with Crippen molar-refractivity contribution in [3.05, 3.63) is 34.7 Å². The van der Waals surface area contributed by atoms with Gasteiger partial charge in [0.2, 0.25) is 0 Å². The second-order valence-electron chi connectivity index (χ2n) is 5.79. The molecule has 0 aromatic carbocycles. The van der Waals surface area contributed by atoms with Crippen molar-refractivity contribution in [3.63, 3.8) is 0 Å². The predicted octanol–water partition coefficient (Wildman–Crippen LogP) is 0.593. The van der Waals surface area contributed by atoms with Crippen LogP contribution in [0.4, 0.5) is 0 Å². The highest BCUT2D eigenvalue weighted by molar-refractivity contribution is 4.93. The molecule has 1 aliphatic heterocycles. The molecule has 0 radical (unpaired) electrons. The van der Waals surface area contributed by atoms with Crippen LogP contribution in [0.1, 0.15) is 19.8 Å². The Hall–Kier alpha value is -1.17. The van der Waals surface area contributed by atoms with Gasteiger partial charge < -0.3 is 10.3 Å². The van der Waals surface area contributed by atoms with Gasteiger partial charge in [-0.15, -0.1) is 0 Å². The van der Waals surface area contributed by atoms with E-state index in [1.807, 2.05) is 12.3 Å². The lowest BCUT2D eigenvalue weighted by atomic mass is 10.1. The van der Waals surface area contributed by atoms with Crippen molar-refractivity contribution in [1.82, 2.24) is 14.4 Å². The summed E-state index contributed by atoms with van der Waals surface area (Å²) >= 11 is 0. The van der Waals surface area contributed by atoms with Crippen LogP contribution in [0, 0.1) is 0 Å². The Morgan fingerprint density at radius 1 is 1.19 bits per heavy atom. The largest absolute Gasteiger partial charge is 0.329 e. The highest BCUT2D eigenvalue weighted by atomic mass is 16.1. The van der Waals surface area contributed by atoms with Gasteiger partial charge in [0.15, 0.2) is 0 Å². The van der Waals surface area contributed by atoms with Crippen molar-refractivity contribution in [2.75, 3.05) is 39.3 Å². The Morgan fingerprint density at radius 2 is 1.95 bits per heavy atom. The average molecular weight is 292 g/mol. The molecule has 21 heavy (non-hydrogen) atoms. The third kappa shape index (κ3) is 4.66. The Balaban J connectivity index is 1.77. The predicted molar refractivity (Wildman–Crippen MR) is 86.5 cm³/mol. The van der Waals surface area contributed by atoms with E-state index in [0.29, 0.717) is 6.04 Å². The summed E-state index contributed by atoms with van der Waals surface area (Å²) in [7, 11) is 0. The third-order valence-corrected chi connectivity index (χ3v) is 4.37. The van der Waals surface area contributed by atoms with Crippen LogP contribution in [0.3, 0.4) is 0 Å². The molecule has 118 valence electrons. The van der Waals surface area contributed by atoms with Crippen molar-refractivity contribution in [2.45, 2.75) is 32.4 Å². The Morgan fingerprint density at radius 3 is 2.57 bits per heavy atom. The minimum atomic E-state index is 0.0854. The van der Waals surface area contributed by atoms with E-state index >= 15 is 0 Å². The van der Waals surface area contributed by atoms with Crippen LogP contribution in [0.15, 0.2) is 29.2 Å². The van der Waals surface area contributed by atoms with E-state index in [-0.39, 0.29) is 5.56 Å². The summed E-state index contributed by atoms with van der Waals surface area (Å²) in [4.78, 5) is 16.6. The van der Waals surface area contributed by atoms with Crippen LogP contribution in [0.5, 0.6) is 0 Å². The number of piperazine rings is 1. The zero-order valence-electron chi connectivity index (χ0n) is 13.1. The summed E-state index contributed by atoms with van der Waals surface area (Å²) in [5.41, 5.74) is 5.97. The molecule has 1 aromatic heterocycles. The zero-order valence-corrected chi connectivity index (χ0v) is 13.1. The summed E-state index contributed by atoms with van der Waals surface area (Å²) in [6, 6.07) is 5.86. The molecule has 1 aromatic rings. The van der Waals surface area contributed by atoms with Gasteiger partial charge in [-0.3, -0.25) is 14.6 Å². The van der Waals surface area contributed by atoms with Crippen molar-refractivity contribution < 1.29 is 0 Å². The van der Waals surface area contributed by atoms with Crippen LogP contribution in [-0.2, 0) is 6.54 Å². The number of nitrogens with two attached hydrogens (primary N) is 1. The van der Waals surface area contributed by atoms with Gasteiger partial charge in [-0.1, -0.05) is 19.4 Å².